The standard InChI is InChI=1S/C12H22N2OS/c1-9(15)7-8-16-10-11(2,3)14(6)12(4,5)13-10/h7-8H2,1-6H3. The largest absolute Gasteiger partial charge is 0.300 e. The fourth-order valence-electron chi connectivity index (χ4n) is 1.79. The average Bonchev–Trinajstić information content (AvgIpc) is 2.27. The molecule has 1 rings (SSSR count). The highest BCUT2D eigenvalue weighted by Gasteiger charge is 2.44. The molecule has 0 unspecified atom stereocenters. The Morgan fingerprint density at radius 1 is 1.38 bits per heavy atom. The molecular weight excluding hydrogens is 220 g/mol. The molecule has 0 N–H and O–H groups in total. The van der Waals surface area contributed by atoms with Gasteiger partial charge >= 0.3 is 0 Å². The third-order valence-corrected chi connectivity index (χ3v) is 4.52. The van der Waals surface area contributed by atoms with Gasteiger partial charge in [-0.05, 0) is 41.7 Å². The molecule has 0 aromatic heterocycles. The molecule has 16 heavy (non-hydrogen) atoms. The summed E-state index contributed by atoms with van der Waals surface area (Å²) in [7, 11) is 2.10. The fourth-order valence-corrected chi connectivity index (χ4v) is 3.15. The smallest absolute Gasteiger partial charge is 0.130 e. The molecular formula is C12H22N2OS. The Bertz CT molecular complexity index is 321. The topological polar surface area (TPSA) is 32.7 Å². The van der Waals surface area contributed by atoms with Crippen molar-refractivity contribution in [3.05, 3.63) is 0 Å². The maximum Gasteiger partial charge on any atom is 0.130 e. The van der Waals surface area contributed by atoms with Crippen LogP contribution in [0.25, 0.3) is 0 Å². The lowest BCUT2D eigenvalue weighted by Crippen LogP contribution is -2.48. The van der Waals surface area contributed by atoms with Gasteiger partial charge in [-0.2, -0.15) is 0 Å². The molecule has 1 aliphatic rings. The number of rotatable bonds is 3. The number of carbonyl (C=O) groups is 1. The summed E-state index contributed by atoms with van der Waals surface area (Å²) >= 11 is 1.71. The molecule has 92 valence electrons. The Morgan fingerprint density at radius 3 is 2.31 bits per heavy atom. The highest BCUT2D eigenvalue weighted by molar-refractivity contribution is 8.14. The first-order valence-electron chi connectivity index (χ1n) is 5.64. The van der Waals surface area contributed by atoms with Gasteiger partial charge in [-0.25, -0.2) is 0 Å². The molecule has 0 bridgehead atoms. The first kappa shape index (κ1) is 13.7. The molecule has 1 heterocycles. The van der Waals surface area contributed by atoms with E-state index in [1.165, 1.54) is 0 Å². The van der Waals surface area contributed by atoms with Crippen LogP contribution in [0.1, 0.15) is 41.0 Å². The van der Waals surface area contributed by atoms with E-state index in [1.807, 2.05) is 0 Å². The van der Waals surface area contributed by atoms with Gasteiger partial charge in [-0.1, -0.05) is 0 Å². The van der Waals surface area contributed by atoms with Crippen LogP contribution in [0.2, 0.25) is 0 Å². The number of thioether (sulfide) groups is 1. The zero-order chi connectivity index (χ0) is 12.6. The number of Topliss-reactive ketones (excluding diaryl/α,β-unsaturated/α-hetero) is 1. The molecule has 0 saturated carbocycles. The van der Waals surface area contributed by atoms with Crippen LogP contribution in [0.5, 0.6) is 0 Å². The minimum Gasteiger partial charge on any atom is -0.300 e. The van der Waals surface area contributed by atoms with Crippen molar-refractivity contribution in [2.24, 2.45) is 4.99 Å². The van der Waals surface area contributed by atoms with Crippen molar-refractivity contribution in [1.82, 2.24) is 4.90 Å². The molecule has 1 aliphatic heterocycles. The van der Waals surface area contributed by atoms with Crippen LogP contribution in [0.3, 0.4) is 0 Å². The van der Waals surface area contributed by atoms with Crippen molar-refractivity contribution in [2.75, 3.05) is 12.8 Å². The Morgan fingerprint density at radius 2 is 1.94 bits per heavy atom. The van der Waals surface area contributed by atoms with Gasteiger partial charge in [-0.15, -0.1) is 11.8 Å². The van der Waals surface area contributed by atoms with Crippen molar-refractivity contribution >= 4 is 22.6 Å². The number of hydrogen-bond acceptors (Lipinski definition) is 4. The summed E-state index contributed by atoms with van der Waals surface area (Å²) < 4.78 is 0. The molecule has 0 aromatic carbocycles. The minimum absolute atomic E-state index is 0.0229. The normalized spacial score (nSPS) is 23.2. The predicted octanol–water partition coefficient (Wildman–Crippen LogP) is 2.56. The highest BCUT2D eigenvalue weighted by atomic mass is 32.2. The minimum atomic E-state index is -0.137. The summed E-state index contributed by atoms with van der Waals surface area (Å²) in [4.78, 5) is 17.9. The van der Waals surface area contributed by atoms with Crippen molar-refractivity contribution < 1.29 is 4.79 Å². The molecule has 0 aromatic rings. The van der Waals surface area contributed by atoms with E-state index in [0.717, 1.165) is 10.8 Å². The summed E-state index contributed by atoms with van der Waals surface area (Å²) in [5.41, 5.74) is -0.160. The Balaban J connectivity index is 2.69. The Kier molecular flexibility index (Phi) is 3.85. The van der Waals surface area contributed by atoms with Gasteiger partial charge in [0.15, 0.2) is 0 Å². The lowest BCUT2D eigenvalue weighted by molar-refractivity contribution is -0.116. The number of carbonyl (C=O) groups excluding carboxylic acids is 1. The van der Waals surface area contributed by atoms with Crippen LogP contribution in [-0.4, -0.2) is 39.7 Å². The third-order valence-electron chi connectivity index (χ3n) is 3.25. The van der Waals surface area contributed by atoms with Gasteiger partial charge in [0.1, 0.15) is 11.4 Å². The van der Waals surface area contributed by atoms with E-state index < -0.39 is 0 Å². The van der Waals surface area contributed by atoms with E-state index >= 15 is 0 Å². The van der Waals surface area contributed by atoms with Crippen molar-refractivity contribution in [1.29, 1.82) is 0 Å². The first-order chi connectivity index (χ1) is 7.18. The second-order valence-electron chi connectivity index (χ2n) is 5.33. The summed E-state index contributed by atoms with van der Waals surface area (Å²) in [5, 5.41) is 1.14. The number of hydrogen-bond donors (Lipinski definition) is 0. The average molecular weight is 242 g/mol. The second kappa shape index (κ2) is 4.49. The maximum atomic E-state index is 10.9. The lowest BCUT2D eigenvalue weighted by Gasteiger charge is -2.36. The number of ketones is 1. The number of nitrogens with zero attached hydrogens (tertiary/aromatic N) is 2. The zero-order valence-electron chi connectivity index (χ0n) is 11.1. The van der Waals surface area contributed by atoms with Gasteiger partial charge in [-0.3, -0.25) is 14.7 Å². The molecule has 0 aliphatic carbocycles. The van der Waals surface area contributed by atoms with Gasteiger partial charge in [0.2, 0.25) is 0 Å². The summed E-state index contributed by atoms with van der Waals surface area (Å²) in [6, 6.07) is 0. The summed E-state index contributed by atoms with van der Waals surface area (Å²) in [6.07, 6.45) is 0.629. The van der Waals surface area contributed by atoms with Gasteiger partial charge in [0.25, 0.3) is 0 Å². The zero-order valence-corrected chi connectivity index (χ0v) is 11.9. The van der Waals surface area contributed by atoms with E-state index in [0.29, 0.717) is 6.42 Å². The Hall–Kier alpha value is -0.350. The van der Waals surface area contributed by atoms with E-state index in [1.54, 1.807) is 18.7 Å². The molecule has 4 heteroatoms. The van der Waals surface area contributed by atoms with E-state index in [4.69, 9.17) is 4.99 Å². The number of aliphatic imine (C=N–C) groups is 1. The third kappa shape index (κ3) is 2.66. The SMILES string of the molecule is CC(=O)CCSC1=NC(C)(C)N(C)C1(C)C. The van der Waals surface area contributed by atoms with Crippen molar-refractivity contribution in [2.45, 2.75) is 52.2 Å². The van der Waals surface area contributed by atoms with Crippen LogP contribution in [-0.2, 0) is 4.79 Å². The van der Waals surface area contributed by atoms with Crippen LogP contribution < -0.4 is 0 Å². The molecule has 0 spiro atoms. The van der Waals surface area contributed by atoms with E-state index in [9.17, 15) is 4.79 Å². The molecule has 0 amide bonds. The van der Waals surface area contributed by atoms with Crippen LogP contribution in [0, 0.1) is 0 Å². The van der Waals surface area contributed by atoms with Crippen LogP contribution in [0.15, 0.2) is 4.99 Å². The summed E-state index contributed by atoms with van der Waals surface area (Å²) in [6.45, 7) is 10.2. The quantitative estimate of drug-likeness (QED) is 0.762. The maximum absolute atomic E-state index is 10.9. The van der Waals surface area contributed by atoms with E-state index in [2.05, 4.69) is 39.6 Å². The molecule has 0 fully saturated rings. The van der Waals surface area contributed by atoms with Crippen molar-refractivity contribution in [3.63, 3.8) is 0 Å². The monoisotopic (exact) mass is 242 g/mol. The highest BCUT2D eigenvalue weighted by Crippen LogP contribution is 2.37. The molecule has 0 saturated heterocycles. The van der Waals surface area contributed by atoms with Crippen LogP contribution in [0.4, 0.5) is 0 Å². The van der Waals surface area contributed by atoms with Gasteiger partial charge in [0, 0.05) is 12.2 Å². The molecule has 0 atom stereocenters. The molecule has 3 nitrogen and oxygen atoms in total. The van der Waals surface area contributed by atoms with Gasteiger partial charge in [0.05, 0.1) is 10.6 Å². The molecule has 0 radical (unpaired) electrons. The summed E-state index contributed by atoms with van der Waals surface area (Å²) in [5.74, 6) is 1.08. The lowest BCUT2D eigenvalue weighted by atomic mass is 10.0. The Labute approximate surface area is 103 Å². The fraction of sp³-hybridized carbons (Fsp3) is 0.833. The second-order valence-corrected chi connectivity index (χ2v) is 6.41. The first-order valence-corrected chi connectivity index (χ1v) is 6.63. The van der Waals surface area contributed by atoms with E-state index in [-0.39, 0.29) is 17.0 Å². The van der Waals surface area contributed by atoms with Crippen LogP contribution >= 0.6 is 11.8 Å². The van der Waals surface area contributed by atoms with Gasteiger partial charge < -0.3 is 0 Å². The van der Waals surface area contributed by atoms with Crippen molar-refractivity contribution in [3.8, 4) is 0 Å². The predicted molar refractivity (Wildman–Crippen MR) is 71.1 cm³/mol.